The maximum Gasteiger partial charge on any atom is 0.163 e. The van der Waals surface area contributed by atoms with E-state index in [2.05, 4.69) is 0 Å². The number of nitrogens with two attached hydrogens (primary N) is 1. The number of ketones is 1. The first-order valence-corrected chi connectivity index (χ1v) is 4.66. The van der Waals surface area contributed by atoms with E-state index in [0.29, 0.717) is 34.1 Å². The third kappa shape index (κ3) is 1.21. The standard InChI is InChI=1S/C9H7Cl2NO/c10-6-3-5-4(1-2-7(5)13)8(11)9(6)12/h3H,1-2,12H2. The Balaban J connectivity index is 2.74. The van der Waals surface area contributed by atoms with Crippen LogP contribution in [-0.2, 0) is 6.42 Å². The molecule has 68 valence electrons. The van der Waals surface area contributed by atoms with Crippen molar-refractivity contribution in [1.29, 1.82) is 0 Å². The van der Waals surface area contributed by atoms with Crippen molar-refractivity contribution in [2.75, 3.05) is 5.73 Å². The number of carbonyl (C=O) groups is 1. The van der Waals surface area contributed by atoms with Crippen molar-refractivity contribution in [3.05, 3.63) is 27.2 Å². The number of Topliss-reactive ketones (excluding diaryl/α,β-unsaturated/α-hetero) is 1. The van der Waals surface area contributed by atoms with Gasteiger partial charge in [-0.1, -0.05) is 23.2 Å². The minimum atomic E-state index is 0.0961. The summed E-state index contributed by atoms with van der Waals surface area (Å²) in [5, 5.41) is 0.798. The van der Waals surface area contributed by atoms with Gasteiger partial charge in [0.2, 0.25) is 0 Å². The highest BCUT2D eigenvalue weighted by atomic mass is 35.5. The Morgan fingerprint density at radius 3 is 2.69 bits per heavy atom. The molecule has 2 N–H and O–H groups in total. The molecule has 0 radical (unpaired) electrons. The van der Waals surface area contributed by atoms with Gasteiger partial charge in [0.15, 0.2) is 5.78 Å². The zero-order chi connectivity index (χ0) is 9.59. The molecule has 0 atom stereocenters. The molecule has 2 rings (SSSR count). The molecule has 1 aromatic rings. The third-order valence-electron chi connectivity index (χ3n) is 2.26. The van der Waals surface area contributed by atoms with Gasteiger partial charge in [-0.15, -0.1) is 0 Å². The molecule has 0 heterocycles. The molecule has 0 unspecified atom stereocenters. The average molecular weight is 216 g/mol. The number of benzene rings is 1. The van der Waals surface area contributed by atoms with Gasteiger partial charge in [-0.3, -0.25) is 4.79 Å². The zero-order valence-corrected chi connectivity index (χ0v) is 8.24. The second-order valence-corrected chi connectivity index (χ2v) is 3.82. The summed E-state index contributed by atoms with van der Waals surface area (Å²) in [7, 11) is 0. The smallest absolute Gasteiger partial charge is 0.163 e. The van der Waals surface area contributed by atoms with E-state index in [0.717, 1.165) is 5.56 Å². The summed E-state index contributed by atoms with van der Waals surface area (Å²) in [6.45, 7) is 0. The number of carbonyl (C=O) groups excluding carboxylic acids is 1. The Hall–Kier alpha value is -0.730. The highest BCUT2D eigenvalue weighted by molar-refractivity contribution is 6.40. The molecule has 0 saturated carbocycles. The first-order valence-electron chi connectivity index (χ1n) is 3.91. The van der Waals surface area contributed by atoms with Crippen molar-refractivity contribution in [1.82, 2.24) is 0 Å². The van der Waals surface area contributed by atoms with Gasteiger partial charge in [0.1, 0.15) is 0 Å². The number of fused-ring (bicyclic) bond motifs is 1. The van der Waals surface area contributed by atoms with Crippen LogP contribution in [0.2, 0.25) is 10.0 Å². The quantitative estimate of drug-likeness (QED) is 0.677. The summed E-state index contributed by atoms with van der Waals surface area (Å²) in [5.41, 5.74) is 7.47. The lowest BCUT2D eigenvalue weighted by molar-refractivity contribution is 0.0994. The van der Waals surface area contributed by atoms with Crippen LogP contribution in [0.4, 0.5) is 5.69 Å². The van der Waals surface area contributed by atoms with E-state index >= 15 is 0 Å². The van der Waals surface area contributed by atoms with E-state index in [4.69, 9.17) is 28.9 Å². The van der Waals surface area contributed by atoms with Gasteiger partial charge in [0, 0.05) is 12.0 Å². The Labute approximate surface area is 85.6 Å². The summed E-state index contributed by atoms with van der Waals surface area (Å²) in [6, 6.07) is 1.60. The van der Waals surface area contributed by atoms with Crippen LogP contribution in [0.1, 0.15) is 22.3 Å². The second kappa shape index (κ2) is 2.89. The van der Waals surface area contributed by atoms with Gasteiger partial charge in [-0.25, -0.2) is 0 Å². The minimum Gasteiger partial charge on any atom is -0.396 e. The molecule has 2 nitrogen and oxygen atoms in total. The van der Waals surface area contributed by atoms with Gasteiger partial charge in [0.25, 0.3) is 0 Å². The number of hydrogen-bond donors (Lipinski definition) is 1. The lowest BCUT2D eigenvalue weighted by Gasteiger charge is -2.06. The summed E-state index contributed by atoms with van der Waals surface area (Å²) in [6.07, 6.45) is 1.18. The molecule has 0 fully saturated rings. The largest absolute Gasteiger partial charge is 0.396 e. The van der Waals surface area contributed by atoms with E-state index in [-0.39, 0.29) is 5.78 Å². The Morgan fingerprint density at radius 2 is 2.00 bits per heavy atom. The maximum absolute atomic E-state index is 11.3. The predicted molar refractivity (Wildman–Crippen MR) is 53.5 cm³/mol. The Kier molecular flexibility index (Phi) is 1.97. The average Bonchev–Trinajstić information content (AvgIpc) is 2.45. The molecule has 0 spiro atoms. The van der Waals surface area contributed by atoms with Gasteiger partial charge in [0.05, 0.1) is 15.7 Å². The van der Waals surface area contributed by atoms with Crippen LogP contribution in [-0.4, -0.2) is 5.78 Å². The summed E-state index contributed by atoms with van der Waals surface area (Å²) >= 11 is 11.7. The van der Waals surface area contributed by atoms with Crippen molar-refractivity contribution in [3.8, 4) is 0 Å². The molecule has 0 saturated heterocycles. The molecule has 1 aliphatic carbocycles. The van der Waals surface area contributed by atoms with Gasteiger partial charge >= 0.3 is 0 Å². The number of nitrogen functional groups attached to an aromatic ring is 1. The van der Waals surface area contributed by atoms with Crippen molar-refractivity contribution in [2.45, 2.75) is 12.8 Å². The van der Waals surface area contributed by atoms with E-state index in [1.165, 1.54) is 0 Å². The van der Waals surface area contributed by atoms with E-state index in [9.17, 15) is 4.79 Å². The number of anilines is 1. The van der Waals surface area contributed by atoms with E-state index < -0.39 is 0 Å². The molecular formula is C9H7Cl2NO. The lowest BCUT2D eigenvalue weighted by atomic mass is 10.1. The SMILES string of the molecule is Nc1c(Cl)cc2c(c1Cl)CCC2=O. The van der Waals surface area contributed by atoms with Crippen molar-refractivity contribution < 1.29 is 4.79 Å². The fourth-order valence-corrected chi connectivity index (χ4v) is 2.09. The maximum atomic E-state index is 11.3. The first-order chi connectivity index (χ1) is 6.11. The molecule has 0 aliphatic heterocycles. The normalized spacial score (nSPS) is 14.8. The molecular weight excluding hydrogens is 209 g/mol. The predicted octanol–water partition coefficient (Wildman–Crippen LogP) is 2.70. The lowest BCUT2D eigenvalue weighted by Crippen LogP contribution is -1.96. The van der Waals surface area contributed by atoms with Crippen molar-refractivity contribution >= 4 is 34.7 Å². The molecule has 0 amide bonds. The Bertz CT molecular complexity index is 401. The van der Waals surface area contributed by atoms with Crippen LogP contribution in [0, 0.1) is 0 Å². The third-order valence-corrected chi connectivity index (χ3v) is 3.00. The molecule has 1 aromatic carbocycles. The zero-order valence-electron chi connectivity index (χ0n) is 6.73. The molecule has 0 bridgehead atoms. The van der Waals surface area contributed by atoms with Crippen LogP contribution >= 0.6 is 23.2 Å². The van der Waals surface area contributed by atoms with Crippen LogP contribution < -0.4 is 5.73 Å². The number of rotatable bonds is 0. The van der Waals surface area contributed by atoms with Gasteiger partial charge < -0.3 is 5.73 Å². The van der Waals surface area contributed by atoms with E-state index in [1.54, 1.807) is 6.07 Å². The fourth-order valence-electron chi connectivity index (χ4n) is 1.54. The summed E-state index contributed by atoms with van der Waals surface area (Å²) in [4.78, 5) is 11.3. The second-order valence-electron chi connectivity index (χ2n) is 3.04. The Morgan fingerprint density at radius 1 is 1.31 bits per heavy atom. The van der Waals surface area contributed by atoms with Crippen LogP contribution in [0.5, 0.6) is 0 Å². The van der Waals surface area contributed by atoms with Crippen molar-refractivity contribution in [3.63, 3.8) is 0 Å². The first kappa shape index (κ1) is 8.85. The van der Waals surface area contributed by atoms with Crippen LogP contribution in [0.15, 0.2) is 6.07 Å². The topological polar surface area (TPSA) is 43.1 Å². The monoisotopic (exact) mass is 215 g/mol. The fraction of sp³-hybridized carbons (Fsp3) is 0.222. The van der Waals surface area contributed by atoms with Gasteiger partial charge in [-0.05, 0) is 18.1 Å². The van der Waals surface area contributed by atoms with Gasteiger partial charge in [-0.2, -0.15) is 0 Å². The summed E-state index contributed by atoms with van der Waals surface area (Å²) < 4.78 is 0. The molecule has 1 aliphatic rings. The highest BCUT2D eigenvalue weighted by Crippen LogP contribution is 2.37. The number of halogens is 2. The van der Waals surface area contributed by atoms with Crippen LogP contribution in [0.3, 0.4) is 0 Å². The van der Waals surface area contributed by atoms with Crippen molar-refractivity contribution in [2.24, 2.45) is 0 Å². The van der Waals surface area contributed by atoms with Crippen LogP contribution in [0.25, 0.3) is 0 Å². The van der Waals surface area contributed by atoms with E-state index in [1.807, 2.05) is 0 Å². The highest BCUT2D eigenvalue weighted by Gasteiger charge is 2.24. The summed E-state index contributed by atoms with van der Waals surface area (Å²) in [5.74, 6) is 0.0961. The molecule has 4 heteroatoms. The minimum absolute atomic E-state index is 0.0961. The number of hydrogen-bond acceptors (Lipinski definition) is 2. The molecule has 13 heavy (non-hydrogen) atoms. The molecule has 0 aromatic heterocycles.